The molecule has 8 heteroatoms. The molecule has 0 aliphatic carbocycles. The van der Waals surface area contributed by atoms with Crippen LogP contribution in [-0.4, -0.2) is 28.3 Å². The monoisotopic (exact) mass is 420 g/mol. The van der Waals surface area contributed by atoms with Gasteiger partial charge < -0.3 is 5.21 Å². The highest BCUT2D eigenvalue weighted by atomic mass is 32.2. The lowest BCUT2D eigenvalue weighted by Gasteiger charge is -2.11. The van der Waals surface area contributed by atoms with Gasteiger partial charge in [0.25, 0.3) is 10.0 Å². The van der Waals surface area contributed by atoms with Gasteiger partial charge in [0, 0.05) is 29.2 Å². The largest absolute Gasteiger partial charge is 0.426 e. The SMILES string of the molecule is Cc1ccccc1S(=O)(=O)Nc1ccc(-c2nc(C)c(-c3cccnc3)n2O)cc1. The average Bonchev–Trinajstić information content (AvgIpc) is 3.03. The zero-order chi connectivity index (χ0) is 21.3. The zero-order valence-electron chi connectivity index (χ0n) is 16.4. The van der Waals surface area contributed by atoms with Gasteiger partial charge in [0.15, 0.2) is 5.82 Å². The number of pyridine rings is 1. The summed E-state index contributed by atoms with van der Waals surface area (Å²) in [6, 6.07) is 17.1. The van der Waals surface area contributed by atoms with Crippen LogP contribution in [-0.2, 0) is 10.0 Å². The molecule has 4 aromatic rings. The van der Waals surface area contributed by atoms with E-state index < -0.39 is 10.0 Å². The number of imidazole rings is 1. The van der Waals surface area contributed by atoms with Gasteiger partial charge in [-0.05, 0) is 61.9 Å². The van der Waals surface area contributed by atoms with Crippen LogP contribution >= 0.6 is 0 Å². The Balaban J connectivity index is 1.63. The van der Waals surface area contributed by atoms with E-state index in [0.29, 0.717) is 34.0 Å². The summed E-state index contributed by atoms with van der Waals surface area (Å²) in [7, 11) is -3.70. The maximum Gasteiger partial charge on any atom is 0.262 e. The smallest absolute Gasteiger partial charge is 0.262 e. The van der Waals surface area contributed by atoms with Crippen LogP contribution in [0.25, 0.3) is 22.6 Å². The van der Waals surface area contributed by atoms with E-state index in [1.54, 1.807) is 73.9 Å². The predicted octanol–water partition coefficient (Wildman–Crippen LogP) is 4.27. The summed E-state index contributed by atoms with van der Waals surface area (Å²) in [5.41, 5.74) is 3.70. The van der Waals surface area contributed by atoms with Gasteiger partial charge in [-0.1, -0.05) is 18.2 Å². The molecule has 4 rings (SSSR count). The lowest BCUT2D eigenvalue weighted by molar-refractivity contribution is 0.195. The first kappa shape index (κ1) is 19.7. The van der Waals surface area contributed by atoms with E-state index in [1.807, 2.05) is 13.0 Å². The van der Waals surface area contributed by atoms with Crippen LogP contribution in [0.1, 0.15) is 11.3 Å². The topological polar surface area (TPSA) is 97.1 Å². The highest BCUT2D eigenvalue weighted by molar-refractivity contribution is 7.92. The minimum atomic E-state index is -3.70. The van der Waals surface area contributed by atoms with Gasteiger partial charge in [-0.3, -0.25) is 9.71 Å². The third kappa shape index (κ3) is 3.65. The average molecular weight is 420 g/mol. The van der Waals surface area contributed by atoms with E-state index in [0.717, 1.165) is 10.3 Å². The molecule has 0 aliphatic rings. The molecule has 2 aromatic heterocycles. The number of nitrogens with one attached hydrogen (secondary N) is 1. The summed E-state index contributed by atoms with van der Waals surface area (Å²) in [5.74, 6) is 0.361. The number of hydrogen-bond acceptors (Lipinski definition) is 5. The molecule has 0 spiro atoms. The number of rotatable bonds is 5. The van der Waals surface area contributed by atoms with E-state index in [9.17, 15) is 13.6 Å². The van der Waals surface area contributed by atoms with E-state index >= 15 is 0 Å². The molecular formula is C22H20N4O3S. The Morgan fingerprint density at radius 3 is 2.33 bits per heavy atom. The van der Waals surface area contributed by atoms with Crippen molar-refractivity contribution in [2.45, 2.75) is 18.7 Å². The van der Waals surface area contributed by atoms with Crippen molar-refractivity contribution < 1.29 is 13.6 Å². The van der Waals surface area contributed by atoms with Gasteiger partial charge in [-0.2, -0.15) is 4.73 Å². The molecular weight excluding hydrogens is 400 g/mol. The van der Waals surface area contributed by atoms with Crippen LogP contribution in [0.3, 0.4) is 0 Å². The number of aryl methyl sites for hydroxylation is 2. The van der Waals surface area contributed by atoms with Gasteiger partial charge in [0.2, 0.25) is 0 Å². The quantitative estimate of drug-likeness (QED) is 0.470. The highest BCUT2D eigenvalue weighted by Gasteiger charge is 2.19. The lowest BCUT2D eigenvalue weighted by atomic mass is 10.2. The zero-order valence-corrected chi connectivity index (χ0v) is 17.3. The van der Waals surface area contributed by atoms with Gasteiger partial charge in [-0.25, -0.2) is 13.4 Å². The molecule has 0 radical (unpaired) electrons. The first-order chi connectivity index (χ1) is 14.4. The second-order valence-electron chi connectivity index (χ2n) is 6.87. The molecule has 2 heterocycles. The molecule has 0 bridgehead atoms. The summed E-state index contributed by atoms with van der Waals surface area (Å²) in [6.07, 6.45) is 3.32. The third-order valence-electron chi connectivity index (χ3n) is 4.74. The standard InChI is InChI=1S/C22H20N4O3S/c1-15-6-3-4-8-20(15)30(28,29)25-19-11-9-17(10-12-19)22-24-16(2)21(26(22)27)18-7-5-13-23-14-18/h3-14,25,27H,1-2H3. The second-order valence-corrected chi connectivity index (χ2v) is 8.52. The summed E-state index contributed by atoms with van der Waals surface area (Å²) >= 11 is 0. The van der Waals surface area contributed by atoms with Crippen molar-refractivity contribution in [1.29, 1.82) is 0 Å². The van der Waals surface area contributed by atoms with Crippen LogP contribution in [0.4, 0.5) is 5.69 Å². The predicted molar refractivity (Wildman–Crippen MR) is 115 cm³/mol. The molecule has 152 valence electrons. The molecule has 0 saturated carbocycles. The maximum absolute atomic E-state index is 12.7. The van der Waals surface area contributed by atoms with Crippen molar-refractivity contribution in [3.05, 3.63) is 84.3 Å². The van der Waals surface area contributed by atoms with Crippen molar-refractivity contribution in [3.8, 4) is 22.6 Å². The van der Waals surface area contributed by atoms with Crippen molar-refractivity contribution in [2.24, 2.45) is 0 Å². The van der Waals surface area contributed by atoms with Crippen molar-refractivity contribution in [3.63, 3.8) is 0 Å². The fourth-order valence-corrected chi connectivity index (χ4v) is 4.60. The van der Waals surface area contributed by atoms with Gasteiger partial charge >= 0.3 is 0 Å². The lowest BCUT2D eigenvalue weighted by Crippen LogP contribution is -2.14. The number of nitrogens with zero attached hydrogens (tertiary/aromatic N) is 3. The number of hydrogen-bond donors (Lipinski definition) is 2. The summed E-state index contributed by atoms with van der Waals surface area (Å²) in [6.45, 7) is 3.56. The summed E-state index contributed by atoms with van der Waals surface area (Å²) in [5, 5.41) is 10.7. The van der Waals surface area contributed by atoms with Gasteiger partial charge in [0.05, 0.1) is 10.6 Å². The Kier molecular flexibility index (Phi) is 5.01. The van der Waals surface area contributed by atoms with E-state index in [4.69, 9.17) is 0 Å². The Bertz CT molecular complexity index is 1300. The number of sulfonamides is 1. The minimum Gasteiger partial charge on any atom is -0.426 e. The number of anilines is 1. The molecule has 0 unspecified atom stereocenters. The maximum atomic E-state index is 12.7. The first-order valence-corrected chi connectivity index (χ1v) is 10.7. The molecule has 2 aromatic carbocycles. The van der Waals surface area contributed by atoms with Crippen molar-refractivity contribution >= 4 is 15.7 Å². The van der Waals surface area contributed by atoms with Crippen LogP contribution in [0.5, 0.6) is 0 Å². The second kappa shape index (κ2) is 7.64. The summed E-state index contributed by atoms with van der Waals surface area (Å²) in [4.78, 5) is 8.78. The molecule has 2 N–H and O–H groups in total. The molecule has 7 nitrogen and oxygen atoms in total. The Morgan fingerprint density at radius 1 is 0.933 bits per heavy atom. The normalized spacial score (nSPS) is 11.4. The molecule has 0 fully saturated rings. The Labute approximate surface area is 174 Å². The van der Waals surface area contributed by atoms with Gasteiger partial charge in [-0.15, -0.1) is 0 Å². The van der Waals surface area contributed by atoms with Crippen LogP contribution in [0.15, 0.2) is 78.0 Å². The van der Waals surface area contributed by atoms with Crippen molar-refractivity contribution in [2.75, 3.05) is 4.72 Å². The fourth-order valence-electron chi connectivity index (χ4n) is 3.29. The van der Waals surface area contributed by atoms with Crippen LogP contribution < -0.4 is 4.72 Å². The molecule has 30 heavy (non-hydrogen) atoms. The van der Waals surface area contributed by atoms with Gasteiger partial charge in [0.1, 0.15) is 5.69 Å². The van der Waals surface area contributed by atoms with Crippen molar-refractivity contribution in [1.82, 2.24) is 14.7 Å². The summed E-state index contributed by atoms with van der Waals surface area (Å²) < 4.78 is 28.9. The Hall–Kier alpha value is -3.65. The molecule has 0 amide bonds. The van der Waals surface area contributed by atoms with E-state index in [-0.39, 0.29) is 4.90 Å². The molecule has 0 saturated heterocycles. The van der Waals surface area contributed by atoms with Crippen LogP contribution in [0, 0.1) is 13.8 Å². The number of benzene rings is 2. The van der Waals surface area contributed by atoms with E-state index in [1.165, 1.54) is 0 Å². The number of aromatic nitrogens is 3. The van der Waals surface area contributed by atoms with Crippen LogP contribution in [0.2, 0.25) is 0 Å². The Morgan fingerprint density at radius 2 is 1.67 bits per heavy atom. The fraction of sp³-hybridized carbons (Fsp3) is 0.0909. The van der Waals surface area contributed by atoms with E-state index in [2.05, 4.69) is 14.7 Å². The first-order valence-electron chi connectivity index (χ1n) is 9.25. The minimum absolute atomic E-state index is 0.233. The molecule has 0 atom stereocenters. The molecule has 0 aliphatic heterocycles. The highest BCUT2D eigenvalue weighted by Crippen LogP contribution is 2.29. The third-order valence-corrected chi connectivity index (χ3v) is 6.28.